The number of nitrogens with zero attached hydrogens (tertiary/aromatic N) is 5. The van der Waals surface area contributed by atoms with Crippen LogP contribution in [0.15, 0.2) is 33.9 Å². The molecule has 132 valence electrons. The lowest BCUT2D eigenvalue weighted by molar-refractivity contribution is 0.387. The fourth-order valence-electron chi connectivity index (χ4n) is 2.54. The molecule has 0 saturated carbocycles. The second kappa shape index (κ2) is 7.00. The van der Waals surface area contributed by atoms with Crippen molar-refractivity contribution in [2.45, 2.75) is 57.5 Å². The van der Waals surface area contributed by atoms with Gasteiger partial charge in [0, 0.05) is 12.1 Å². The summed E-state index contributed by atoms with van der Waals surface area (Å²) < 4.78 is 7.27. The van der Waals surface area contributed by atoms with E-state index in [1.54, 1.807) is 11.8 Å². The molecule has 0 radical (unpaired) electrons. The number of rotatable bonds is 5. The largest absolute Gasteiger partial charge is 0.338 e. The standard InChI is InChI=1S/C18H23N5OS/c1-6-23-16(13-7-9-14(10-8-13)18(3,4)5)20-21-17(23)25-11-15-19-12(2)22-24-15/h7-10H,6,11H2,1-5H3. The van der Waals surface area contributed by atoms with Crippen LogP contribution >= 0.6 is 11.8 Å². The molecule has 0 aliphatic carbocycles. The molecule has 0 amide bonds. The Morgan fingerprint density at radius 3 is 2.40 bits per heavy atom. The highest BCUT2D eigenvalue weighted by molar-refractivity contribution is 7.98. The van der Waals surface area contributed by atoms with Gasteiger partial charge in [-0.3, -0.25) is 0 Å². The number of thioether (sulfide) groups is 1. The van der Waals surface area contributed by atoms with Crippen molar-refractivity contribution in [1.29, 1.82) is 0 Å². The van der Waals surface area contributed by atoms with Crippen LogP contribution in [0.2, 0.25) is 0 Å². The van der Waals surface area contributed by atoms with Crippen LogP contribution in [-0.2, 0) is 17.7 Å². The lowest BCUT2D eigenvalue weighted by Crippen LogP contribution is -2.10. The van der Waals surface area contributed by atoms with Crippen LogP contribution in [0.25, 0.3) is 11.4 Å². The maximum absolute atomic E-state index is 5.16. The molecule has 2 heterocycles. The smallest absolute Gasteiger partial charge is 0.237 e. The number of hydrogen-bond acceptors (Lipinski definition) is 6. The van der Waals surface area contributed by atoms with Crippen molar-refractivity contribution >= 4 is 11.8 Å². The predicted octanol–water partition coefficient (Wildman–Crippen LogP) is 4.25. The summed E-state index contributed by atoms with van der Waals surface area (Å²) in [7, 11) is 0. The molecular weight excluding hydrogens is 334 g/mol. The van der Waals surface area contributed by atoms with E-state index in [1.807, 2.05) is 6.92 Å². The molecule has 0 N–H and O–H groups in total. The van der Waals surface area contributed by atoms with E-state index in [1.165, 1.54) is 5.56 Å². The summed E-state index contributed by atoms with van der Waals surface area (Å²) in [6, 6.07) is 8.56. The Labute approximate surface area is 152 Å². The molecule has 0 fully saturated rings. The summed E-state index contributed by atoms with van der Waals surface area (Å²) in [5, 5.41) is 13.4. The lowest BCUT2D eigenvalue weighted by atomic mass is 9.87. The van der Waals surface area contributed by atoms with Crippen LogP contribution in [0.3, 0.4) is 0 Å². The summed E-state index contributed by atoms with van der Waals surface area (Å²) in [5.41, 5.74) is 2.52. The minimum Gasteiger partial charge on any atom is -0.338 e. The zero-order valence-corrected chi connectivity index (χ0v) is 16.1. The van der Waals surface area contributed by atoms with Gasteiger partial charge in [-0.15, -0.1) is 10.2 Å². The van der Waals surface area contributed by atoms with Gasteiger partial charge in [-0.1, -0.05) is 62.0 Å². The first-order valence-electron chi connectivity index (χ1n) is 8.34. The van der Waals surface area contributed by atoms with Crippen molar-refractivity contribution in [1.82, 2.24) is 24.9 Å². The van der Waals surface area contributed by atoms with E-state index in [0.717, 1.165) is 23.1 Å². The SMILES string of the molecule is CCn1c(SCc2nc(C)no2)nnc1-c1ccc(C(C)(C)C)cc1. The quantitative estimate of drug-likeness (QED) is 0.636. The highest BCUT2D eigenvalue weighted by Crippen LogP contribution is 2.28. The molecule has 0 atom stereocenters. The van der Waals surface area contributed by atoms with Gasteiger partial charge < -0.3 is 9.09 Å². The Balaban J connectivity index is 1.81. The molecule has 25 heavy (non-hydrogen) atoms. The van der Waals surface area contributed by atoms with Gasteiger partial charge in [0.2, 0.25) is 5.89 Å². The summed E-state index contributed by atoms with van der Waals surface area (Å²) in [6.07, 6.45) is 0. The maximum atomic E-state index is 5.16. The highest BCUT2D eigenvalue weighted by Gasteiger charge is 2.17. The third-order valence-electron chi connectivity index (χ3n) is 3.94. The van der Waals surface area contributed by atoms with Crippen molar-refractivity contribution in [2.75, 3.05) is 0 Å². The molecule has 0 saturated heterocycles. The first kappa shape index (κ1) is 17.7. The fourth-order valence-corrected chi connectivity index (χ4v) is 3.38. The van der Waals surface area contributed by atoms with Gasteiger partial charge in [-0.2, -0.15) is 4.98 Å². The first-order chi connectivity index (χ1) is 11.9. The van der Waals surface area contributed by atoms with Crippen molar-refractivity contribution in [2.24, 2.45) is 0 Å². The molecule has 3 aromatic rings. The van der Waals surface area contributed by atoms with Gasteiger partial charge >= 0.3 is 0 Å². The first-order valence-corrected chi connectivity index (χ1v) is 9.33. The third-order valence-corrected chi connectivity index (χ3v) is 4.89. The number of benzene rings is 1. The van der Waals surface area contributed by atoms with Gasteiger partial charge in [-0.25, -0.2) is 0 Å². The van der Waals surface area contributed by atoms with Gasteiger partial charge in [-0.05, 0) is 24.8 Å². The average Bonchev–Trinajstić information content (AvgIpc) is 3.17. The van der Waals surface area contributed by atoms with Crippen LogP contribution in [0.4, 0.5) is 0 Å². The van der Waals surface area contributed by atoms with E-state index in [0.29, 0.717) is 17.5 Å². The van der Waals surface area contributed by atoms with Crippen LogP contribution in [0, 0.1) is 6.92 Å². The zero-order valence-electron chi connectivity index (χ0n) is 15.3. The van der Waals surface area contributed by atoms with Crippen LogP contribution in [0.1, 0.15) is 45.0 Å². The normalized spacial score (nSPS) is 11.9. The molecule has 6 nitrogen and oxygen atoms in total. The van der Waals surface area contributed by atoms with Crippen LogP contribution in [-0.4, -0.2) is 24.9 Å². The minimum atomic E-state index is 0.139. The summed E-state index contributed by atoms with van der Waals surface area (Å²) in [4.78, 5) is 4.22. The Bertz CT molecular complexity index is 845. The second-order valence-corrected chi connectivity index (χ2v) is 7.84. The van der Waals surface area contributed by atoms with Gasteiger partial charge in [0.25, 0.3) is 0 Å². The molecule has 7 heteroatoms. The molecular formula is C18H23N5OS. The van der Waals surface area contributed by atoms with E-state index in [9.17, 15) is 0 Å². The van der Waals surface area contributed by atoms with E-state index < -0.39 is 0 Å². The third kappa shape index (κ3) is 3.92. The lowest BCUT2D eigenvalue weighted by Gasteiger charge is -2.19. The molecule has 1 aromatic carbocycles. The Morgan fingerprint density at radius 2 is 1.84 bits per heavy atom. The molecule has 2 aromatic heterocycles. The predicted molar refractivity (Wildman–Crippen MR) is 98.4 cm³/mol. The molecule has 0 spiro atoms. The number of aryl methyl sites for hydroxylation is 1. The monoisotopic (exact) mass is 357 g/mol. The summed E-state index contributed by atoms with van der Waals surface area (Å²) in [5.74, 6) is 2.71. The Morgan fingerprint density at radius 1 is 1.12 bits per heavy atom. The molecule has 0 unspecified atom stereocenters. The Hall–Kier alpha value is -2.15. The summed E-state index contributed by atoms with van der Waals surface area (Å²) >= 11 is 1.55. The van der Waals surface area contributed by atoms with E-state index >= 15 is 0 Å². The van der Waals surface area contributed by atoms with Gasteiger partial charge in [0.1, 0.15) is 0 Å². The molecule has 0 aliphatic rings. The molecule has 3 rings (SSSR count). The topological polar surface area (TPSA) is 69.6 Å². The van der Waals surface area contributed by atoms with E-state index in [-0.39, 0.29) is 5.41 Å². The van der Waals surface area contributed by atoms with Crippen molar-refractivity contribution in [3.05, 3.63) is 41.5 Å². The minimum absolute atomic E-state index is 0.139. The number of aromatic nitrogens is 5. The summed E-state index contributed by atoms with van der Waals surface area (Å²) in [6.45, 7) is 11.3. The van der Waals surface area contributed by atoms with E-state index in [2.05, 4.69) is 76.9 Å². The van der Waals surface area contributed by atoms with Crippen molar-refractivity contribution in [3.63, 3.8) is 0 Å². The van der Waals surface area contributed by atoms with Crippen molar-refractivity contribution in [3.8, 4) is 11.4 Å². The van der Waals surface area contributed by atoms with Crippen LogP contribution in [0.5, 0.6) is 0 Å². The van der Waals surface area contributed by atoms with E-state index in [4.69, 9.17) is 4.52 Å². The van der Waals surface area contributed by atoms with Gasteiger partial charge in [0.05, 0.1) is 5.75 Å². The van der Waals surface area contributed by atoms with Crippen LogP contribution < -0.4 is 0 Å². The zero-order chi connectivity index (χ0) is 18.0. The van der Waals surface area contributed by atoms with Crippen molar-refractivity contribution < 1.29 is 4.52 Å². The van der Waals surface area contributed by atoms with Gasteiger partial charge in [0.15, 0.2) is 16.8 Å². The maximum Gasteiger partial charge on any atom is 0.237 e. The molecule has 0 aliphatic heterocycles. The fraction of sp³-hybridized carbons (Fsp3) is 0.444. The molecule has 0 bridgehead atoms. The number of hydrogen-bond donors (Lipinski definition) is 0. The Kier molecular flexibility index (Phi) is 4.94. The highest BCUT2D eigenvalue weighted by atomic mass is 32.2. The average molecular weight is 357 g/mol. The second-order valence-electron chi connectivity index (χ2n) is 6.90.